The first-order chi connectivity index (χ1) is 25.8. The van der Waals surface area contributed by atoms with Gasteiger partial charge in [-0.15, -0.1) is 56.9 Å². The Hall–Kier alpha value is -2.80. The Labute approximate surface area is 350 Å². The summed E-state index contributed by atoms with van der Waals surface area (Å²) < 4.78 is 0. The Bertz CT molecular complexity index is 1560. The van der Waals surface area contributed by atoms with Crippen LogP contribution in [0.2, 0.25) is 0 Å². The molecule has 0 saturated heterocycles. The van der Waals surface area contributed by atoms with Gasteiger partial charge in [-0.1, -0.05) is 130 Å². The third kappa shape index (κ3) is 20.2. The molecule has 0 nitrogen and oxygen atoms in total. The zero-order valence-corrected chi connectivity index (χ0v) is 39.4. The van der Waals surface area contributed by atoms with Gasteiger partial charge in [0.2, 0.25) is 0 Å². The smallest absolute Gasteiger partial charge is 0.171 e. The van der Waals surface area contributed by atoms with Gasteiger partial charge in [-0.25, -0.2) is 0 Å². The molecule has 0 spiro atoms. The van der Waals surface area contributed by atoms with E-state index in [0.717, 1.165) is 12.8 Å². The number of benzene rings is 4. The van der Waals surface area contributed by atoms with Crippen molar-refractivity contribution in [2.75, 3.05) is 0 Å². The maximum absolute atomic E-state index is 3.60. The largest absolute Gasteiger partial charge is 0.184 e. The molecule has 0 aliphatic carbocycles. The van der Waals surface area contributed by atoms with E-state index in [4.69, 9.17) is 0 Å². The number of hydrogen-bond acceptors (Lipinski definition) is 0. The van der Waals surface area contributed by atoms with Gasteiger partial charge in [0.05, 0.1) is 0 Å². The van der Waals surface area contributed by atoms with E-state index in [1.165, 1.54) is 91.1 Å². The van der Waals surface area contributed by atoms with Crippen molar-refractivity contribution in [1.82, 2.24) is 0 Å². The Morgan fingerprint density at radius 2 is 0.815 bits per heavy atom. The molecular weight excluding hydrogens is 744 g/mol. The second kappa shape index (κ2) is 30.4. The molecule has 6 aromatic rings. The fourth-order valence-corrected chi connectivity index (χ4v) is 5.35. The maximum Gasteiger partial charge on any atom is -0.171 e. The van der Waals surface area contributed by atoms with E-state index in [-0.39, 0.29) is 0 Å². The van der Waals surface area contributed by atoms with Crippen LogP contribution in [0.5, 0.6) is 0 Å². The standard InChI is InChI=1S/2C16H21.2C6H5.2C4H9.Si.Zr/c2*1-10(2)13-8-14-6-12(5)7-16(14)15(9-13)11(3)4;2*1-2-4-6-5-3-1;2*1-3-4-2;;/h2*6-11H,1-5H3;2*1-5H;2*1,3-4H2,2H3;;/q6*-1;;. The molecule has 0 aliphatic heterocycles. The van der Waals surface area contributed by atoms with Crippen LogP contribution in [0.4, 0.5) is 0 Å². The van der Waals surface area contributed by atoms with Crippen molar-refractivity contribution in [3.8, 4) is 0 Å². The Balaban J connectivity index is 0.000000681. The van der Waals surface area contributed by atoms with Gasteiger partial charge < -0.3 is 13.8 Å². The summed E-state index contributed by atoms with van der Waals surface area (Å²) in [7, 11) is 0. The molecule has 2 heteroatoms. The van der Waals surface area contributed by atoms with Crippen molar-refractivity contribution < 1.29 is 23.3 Å². The number of aryl methyl sites for hydroxylation is 2. The molecule has 6 aromatic carbocycles. The fraction of sp³-hybridized carbons (Fsp3) is 0.385. The first-order valence-corrected chi connectivity index (χ1v) is 24.1. The molecule has 0 bridgehead atoms. The van der Waals surface area contributed by atoms with Gasteiger partial charge in [-0.3, -0.25) is 0 Å². The Morgan fingerprint density at radius 3 is 1.00 bits per heavy atom. The maximum atomic E-state index is 3.60. The van der Waals surface area contributed by atoms with E-state index in [2.05, 4.69) is 164 Å². The first kappa shape index (κ1) is 51.2. The predicted octanol–water partition coefficient (Wildman–Crippen LogP) is 16.1. The summed E-state index contributed by atoms with van der Waals surface area (Å²) in [6, 6.07) is 43.7. The van der Waals surface area contributed by atoms with Crippen LogP contribution in [-0.2, 0) is 23.3 Å². The molecule has 0 N–H and O–H groups in total. The van der Waals surface area contributed by atoms with E-state index >= 15 is 0 Å². The minimum atomic E-state index is 0.600. The van der Waals surface area contributed by atoms with Gasteiger partial charge in [0.15, 0.2) is 0 Å². The molecule has 54 heavy (non-hydrogen) atoms. The zero-order chi connectivity index (χ0) is 41.1. The summed E-state index contributed by atoms with van der Waals surface area (Å²) in [5.41, 5.74) is 8.66. The first-order valence-electron chi connectivity index (χ1n) is 19.9. The number of hydrogen-bond donors (Lipinski definition) is 0. The molecule has 0 amide bonds. The second-order valence-electron chi connectivity index (χ2n) is 14.8. The minimum Gasteiger partial charge on any atom is -0.184 e. The average Bonchev–Trinajstić information content (AvgIpc) is 3.77. The van der Waals surface area contributed by atoms with E-state index in [0.29, 0.717) is 23.7 Å². The summed E-state index contributed by atoms with van der Waals surface area (Å²) in [6.45, 7) is 37.0. The Morgan fingerprint density at radius 1 is 0.519 bits per heavy atom. The molecule has 0 aromatic heterocycles. The summed E-state index contributed by atoms with van der Waals surface area (Å²) in [6.07, 6.45) is 4.56. The van der Waals surface area contributed by atoms with Crippen molar-refractivity contribution in [2.45, 2.75) is 132 Å². The van der Waals surface area contributed by atoms with Crippen LogP contribution in [-0.4, -0.2) is 6.88 Å². The van der Waals surface area contributed by atoms with Gasteiger partial charge in [0.25, 0.3) is 0 Å². The monoisotopic (exact) mass is 812 g/mol. The van der Waals surface area contributed by atoms with Crippen LogP contribution in [0.25, 0.3) is 21.5 Å². The molecule has 0 atom stereocenters. The molecular formula is C52H70SiZr-6. The predicted molar refractivity (Wildman–Crippen MR) is 242 cm³/mol. The van der Waals surface area contributed by atoms with E-state index in [9.17, 15) is 0 Å². The van der Waals surface area contributed by atoms with Crippen molar-refractivity contribution >= 4 is 28.4 Å². The number of fused-ring (bicyclic) bond motifs is 2. The van der Waals surface area contributed by atoms with Gasteiger partial charge in [-0.2, -0.15) is 97.8 Å². The molecule has 0 heterocycles. The second-order valence-corrected chi connectivity index (χ2v) is 14.8. The third-order valence-electron chi connectivity index (χ3n) is 8.54. The molecule has 292 valence electrons. The normalized spacial score (nSPS) is 10.0. The Kier molecular flexibility index (Phi) is 28.8. The van der Waals surface area contributed by atoms with Crippen LogP contribution < -0.4 is 0 Å². The van der Waals surface area contributed by atoms with Crippen LogP contribution in [0.3, 0.4) is 0 Å². The van der Waals surface area contributed by atoms with Crippen molar-refractivity contribution in [1.29, 1.82) is 0 Å². The van der Waals surface area contributed by atoms with Gasteiger partial charge in [-0.05, 0) is 23.7 Å². The topological polar surface area (TPSA) is 0 Å². The number of rotatable bonds is 6. The van der Waals surface area contributed by atoms with Crippen LogP contribution in [0.15, 0.2) is 109 Å². The van der Waals surface area contributed by atoms with Crippen LogP contribution in [0, 0.1) is 39.8 Å². The molecule has 0 fully saturated rings. The fourth-order valence-electron chi connectivity index (χ4n) is 5.35. The van der Waals surface area contributed by atoms with E-state index < -0.39 is 0 Å². The van der Waals surface area contributed by atoms with E-state index in [1.807, 2.05) is 60.7 Å². The van der Waals surface area contributed by atoms with Crippen molar-refractivity contribution in [3.05, 3.63) is 169 Å². The minimum absolute atomic E-state index is 0.600. The summed E-state index contributed by atoms with van der Waals surface area (Å²) >= 11 is 1.36. The molecule has 6 rings (SSSR count). The molecule has 0 unspecified atom stereocenters. The summed E-state index contributed by atoms with van der Waals surface area (Å²) in [4.78, 5) is 0. The summed E-state index contributed by atoms with van der Waals surface area (Å²) in [5, 5.41) is 5.70. The zero-order valence-electron chi connectivity index (χ0n) is 35.9. The van der Waals surface area contributed by atoms with Gasteiger partial charge >= 0.3 is 30.2 Å². The molecule has 0 saturated carbocycles. The third-order valence-corrected chi connectivity index (χ3v) is 8.54. The van der Waals surface area contributed by atoms with Crippen molar-refractivity contribution in [3.63, 3.8) is 0 Å². The SMILES string of the molecule is Cc1cc2c(C(C)C)cc(C(C)C)cc2[cH-]1.Cc1cc2c(C(C)C)cc(C(C)C)cc2[cH-]1.[CH2-]CCC.[CH2-]CCC.[Si]=[Zr].[c-]1ccccc1.[c-]1ccccc1. The molecule has 2 radical (unpaired) electrons. The van der Waals surface area contributed by atoms with Crippen LogP contribution >= 0.6 is 0 Å². The van der Waals surface area contributed by atoms with Crippen molar-refractivity contribution in [2.24, 2.45) is 0 Å². The van der Waals surface area contributed by atoms with Gasteiger partial charge in [0, 0.05) is 0 Å². The molecule has 0 aliphatic rings. The average molecular weight is 814 g/mol. The van der Waals surface area contributed by atoms with E-state index in [1.54, 1.807) is 0 Å². The number of unbranched alkanes of at least 4 members (excludes halogenated alkanes) is 2. The summed E-state index contributed by atoms with van der Waals surface area (Å²) in [5.74, 6) is 2.42. The quantitative estimate of drug-likeness (QED) is 0.116. The van der Waals surface area contributed by atoms with Gasteiger partial charge in [0.1, 0.15) is 0 Å². The van der Waals surface area contributed by atoms with Crippen LogP contribution in [0.1, 0.15) is 152 Å².